The lowest BCUT2D eigenvalue weighted by molar-refractivity contribution is -0.150. The van der Waals surface area contributed by atoms with Gasteiger partial charge in [-0.15, -0.1) is 0 Å². The Morgan fingerprint density at radius 3 is 1.57 bits per heavy atom. The van der Waals surface area contributed by atoms with E-state index >= 15 is 0 Å². The maximum atomic E-state index is 14.4. The lowest BCUT2D eigenvalue weighted by atomic mass is 9.96. The van der Waals surface area contributed by atoms with Crippen LogP contribution in [0.1, 0.15) is 84.5 Å². The van der Waals surface area contributed by atoms with E-state index in [1.807, 2.05) is 6.92 Å². The van der Waals surface area contributed by atoms with Crippen molar-refractivity contribution in [3.05, 3.63) is 0 Å². The zero-order valence-electron chi connectivity index (χ0n) is 33.5. The summed E-state index contributed by atoms with van der Waals surface area (Å²) in [5.74, 6) is -5.43. The molecule has 6 amide bonds. The molecule has 326 valence electrons. The van der Waals surface area contributed by atoms with Gasteiger partial charge in [0.25, 0.3) is 0 Å². The van der Waals surface area contributed by atoms with E-state index in [0.29, 0.717) is 32.1 Å². The number of carboxylic acid groups (broad SMARTS) is 1. The topological polar surface area (TPSA) is 361 Å². The summed E-state index contributed by atoms with van der Waals surface area (Å²) < 4.78 is 0. The van der Waals surface area contributed by atoms with Crippen LogP contribution in [0.4, 0.5) is 0 Å². The van der Waals surface area contributed by atoms with Crippen LogP contribution in [0.2, 0.25) is 0 Å². The molecule has 3 aliphatic heterocycles. The second-order valence-electron chi connectivity index (χ2n) is 15.1. The lowest BCUT2D eigenvalue weighted by Crippen LogP contribution is -2.60. The highest BCUT2D eigenvalue weighted by molar-refractivity contribution is 5.97. The summed E-state index contributed by atoms with van der Waals surface area (Å²) in [7, 11) is 0. The van der Waals surface area contributed by atoms with Crippen molar-refractivity contribution in [2.24, 2.45) is 44.6 Å². The monoisotopic (exact) mass is 821 g/mol. The molecule has 0 saturated carbocycles. The number of carbonyl (C=O) groups excluding carboxylic acids is 6. The standard InChI is InChI=1S/C36H63N13O9/c1-3-20(2)27(46-29(52)25-12-6-16-47(25)31(54)21(37)19-50)30(53)45-23(10-5-15-43-36(40)41)32(55)48-17-7-11-24(48)28(51)44-22(9-4-14-42-35(38)39)33(56)49-18-8-13-26(49)34(57)58/h20-27,50H,3-19,37H2,1-2H3,(H,44,51)(H,45,53)(H,46,52)(H,57,58)(H4,38,39,42)(H4,40,41,43). The lowest BCUT2D eigenvalue weighted by Gasteiger charge is -2.33. The molecule has 3 rings (SSSR count). The van der Waals surface area contributed by atoms with Crippen LogP contribution in [-0.2, 0) is 33.6 Å². The number of aliphatic hydroxyl groups excluding tert-OH is 1. The van der Waals surface area contributed by atoms with Crippen molar-refractivity contribution in [1.82, 2.24) is 30.7 Å². The van der Waals surface area contributed by atoms with E-state index in [9.17, 15) is 43.8 Å². The SMILES string of the molecule is CCC(C)C(NC(=O)C1CCCN1C(=O)C(N)CO)C(=O)NC(CCCN=C(N)N)C(=O)N1CCCC1C(=O)NC(CCCN=C(N)N)C(=O)N1CCCC1C(=O)O. The Hall–Kier alpha value is -5.25. The first-order chi connectivity index (χ1) is 27.5. The summed E-state index contributed by atoms with van der Waals surface area (Å²) in [6.07, 6.45) is 3.48. The number of hydrogen-bond donors (Lipinski definition) is 10. The van der Waals surface area contributed by atoms with Gasteiger partial charge in [0.1, 0.15) is 42.3 Å². The molecule has 22 heteroatoms. The molecular formula is C36H63N13O9. The molecule has 3 heterocycles. The minimum Gasteiger partial charge on any atom is -0.480 e. The van der Waals surface area contributed by atoms with E-state index in [4.69, 9.17) is 28.7 Å². The zero-order chi connectivity index (χ0) is 43.1. The fourth-order valence-corrected chi connectivity index (χ4v) is 7.59. The van der Waals surface area contributed by atoms with Crippen molar-refractivity contribution in [2.75, 3.05) is 39.3 Å². The first-order valence-corrected chi connectivity index (χ1v) is 20.0. The third-order valence-corrected chi connectivity index (χ3v) is 10.9. The van der Waals surface area contributed by atoms with E-state index in [2.05, 4.69) is 25.9 Å². The molecule has 0 aromatic rings. The Balaban J connectivity index is 1.83. The van der Waals surface area contributed by atoms with E-state index in [-0.39, 0.29) is 83.2 Å². The molecule has 0 bridgehead atoms. The normalized spacial score (nSPS) is 21.6. The van der Waals surface area contributed by atoms with Gasteiger partial charge in [-0.2, -0.15) is 0 Å². The van der Waals surface area contributed by atoms with Crippen molar-refractivity contribution in [1.29, 1.82) is 0 Å². The fourth-order valence-electron chi connectivity index (χ4n) is 7.59. The van der Waals surface area contributed by atoms with Crippen molar-refractivity contribution < 1.29 is 43.8 Å². The predicted octanol–water partition coefficient (Wildman–Crippen LogP) is -4.03. The minimum absolute atomic E-state index is 0.0642. The number of nitrogens with two attached hydrogens (primary N) is 5. The quantitative estimate of drug-likeness (QED) is 0.0300. The van der Waals surface area contributed by atoms with Gasteiger partial charge in [-0.05, 0) is 70.1 Å². The van der Waals surface area contributed by atoms with Crippen LogP contribution >= 0.6 is 0 Å². The van der Waals surface area contributed by atoms with E-state index in [1.54, 1.807) is 6.92 Å². The van der Waals surface area contributed by atoms with Crippen molar-refractivity contribution in [2.45, 2.75) is 127 Å². The third kappa shape index (κ3) is 12.9. The first kappa shape index (κ1) is 47.1. The number of carbonyl (C=O) groups is 7. The van der Waals surface area contributed by atoms with Crippen LogP contribution in [0, 0.1) is 5.92 Å². The number of aliphatic imine (C=N–C) groups is 2. The highest BCUT2D eigenvalue weighted by Crippen LogP contribution is 2.24. The van der Waals surface area contributed by atoms with Gasteiger partial charge in [0, 0.05) is 32.7 Å². The van der Waals surface area contributed by atoms with Crippen LogP contribution in [0.5, 0.6) is 0 Å². The second kappa shape index (κ2) is 22.6. The number of nitrogens with zero attached hydrogens (tertiary/aromatic N) is 5. The van der Waals surface area contributed by atoms with Gasteiger partial charge in [-0.1, -0.05) is 20.3 Å². The van der Waals surface area contributed by atoms with E-state index < -0.39 is 96.2 Å². The number of carboxylic acids is 1. The van der Waals surface area contributed by atoms with Gasteiger partial charge in [0.15, 0.2) is 11.9 Å². The smallest absolute Gasteiger partial charge is 0.326 e. The van der Waals surface area contributed by atoms with E-state index in [0.717, 1.165) is 0 Å². The summed E-state index contributed by atoms with van der Waals surface area (Å²) in [5, 5.41) is 27.5. The number of hydrogen-bond acceptors (Lipinski definition) is 11. The van der Waals surface area contributed by atoms with Gasteiger partial charge in [0.05, 0.1) is 6.61 Å². The summed E-state index contributed by atoms with van der Waals surface area (Å²) in [4.78, 5) is 106. The minimum atomic E-state index is -1.19. The molecule has 0 aliphatic carbocycles. The molecule has 8 unspecified atom stereocenters. The van der Waals surface area contributed by atoms with Crippen LogP contribution in [0.25, 0.3) is 0 Å². The largest absolute Gasteiger partial charge is 0.480 e. The maximum absolute atomic E-state index is 14.4. The molecule has 3 fully saturated rings. The molecular weight excluding hydrogens is 758 g/mol. The Morgan fingerprint density at radius 2 is 1.12 bits per heavy atom. The average molecular weight is 822 g/mol. The summed E-state index contributed by atoms with van der Waals surface area (Å²) >= 11 is 0. The molecule has 8 atom stereocenters. The van der Waals surface area contributed by atoms with Crippen LogP contribution in [0.15, 0.2) is 9.98 Å². The van der Waals surface area contributed by atoms with Gasteiger partial charge >= 0.3 is 5.97 Å². The van der Waals surface area contributed by atoms with Gasteiger partial charge in [0.2, 0.25) is 35.4 Å². The Bertz CT molecular complexity index is 1540. The Kier molecular flexibility index (Phi) is 18.4. The Morgan fingerprint density at radius 1 is 0.690 bits per heavy atom. The molecule has 3 aliphatic rings. The summed E-state index contributed by atoms with van der Waals surface area (Å²) in [6, 6.07) is -7.58. The second-order valence-corrected chi connectivity index (χ2v) is 15.1. The zero-order valence-corrected chi connectivity index (χ0v) is 33.5. The van der Waals surface area contributed by atoms with Crippen molar-refractivity contribution >= 4 is 53.3 Å². The Labute approximate surface area is 338 Å². The summed E-state index contributed by atoms with van der Waals surface area (Å²) in [5.41, 5.74) is 27.6. The van der Waals surface area contributed by atoms with Gasteiger partial charge < -0.3 is 69.5 Å². The molecule has 3 saturated heterocycles. The maximum Gasteiger partial charge on any atom is 0.326 e. The molecule has 0 radical (unpaired) electrons. The van der Waals surface area contributed by atoms with Crippen LogP contribution < -0.4 is 44.6 Å². The van der Waals surface area contributed by atoms with Crippen molar-refractivity contribution in [3.8, 4) is 0 Å². The van der Waals surface area contributed by atoms with Crippen molar-refractivity contribution in [3.63, 3.8) is 0 Å². The van der Waals surface area contributed by atoms with Gasteiger partial charge in [-0.25, -0.2) is 4.79 Å². The molecule has 22 nitrogen and oxygen atoms in total. The fraction of sp³-hybridized carbons (Fsp3) is 0.750. The van der Waals surface area contributed by atoms with E-state index in [1.165, 1.54) is 14.7 Å². The number of nitrogens with one attached hydrogen (secondary N) is 3. The third-order valence-electron chi connectivity index (χ3n) is 10.9. The highest BCUT2D eigenvalue weighted by atomic mass is 16.4. The highest BCUT2D eigenvalue weighted by Gasteiger charge is 2.43. The van der Waals surface area contributed by atoms with Crippen LogP contribution in [0.3, 0.4) is 0 Å². The molecule has 58 heavy (non-hydrogen) atoms. The molecule has 15 N–H and O–H groups in total. The summed E-state index contributed by atoms with van der Waals surface area (Å²) in [6.45, 7) is 3.93. The number of aliphatic hydroxyl groups is 1. The van der Waals surface area contributed by atoms with Crippen LogP contribution in [-0.4, -0.2) is 160 Å². The number of aliphatic carboxylic acids is 1. The number of rotatable bonds is 21. The average Bonchev–Trinajstić information content (AvgIpc) is 3.99. The number of amides is 6. The number of guanidine groups is 2. The molecule has 0 aromatic carbocycles. The first-order valence-electron chi connectivity index (χ1n) is 20.0. The molecule has 0 spiro atoms. The van der Waals surface area contributed by atoms with Gasteiger partial charge in [-0.3, -0.25) is 38.8 Å². The molecule has 0 aromatic heterocycles. The number of likely N-dealkylation sites (tertiary alicyclic amines) is 3. The predicted molar refractivity (Wildman–Crippen MR) is 212 cm³/mol.